The number of aryl methyl sites for hydroxylation is 2. The van der Waals surface area contributed by atoms with Crippen molar-refractivity contribution >= 4 is 118 Å². The van der Waals surface area contributed by atoms with Gasteiger partial charge in [0, 0.05) is 121 Å². The van der Waals surface area contributed by atoms with Crippen molar-refractivity contribution in [3.63, 3.8) is 0 Å². The lowest BCUT2D eigenvalue weighted by atomic mass is 10.0. The Balaban J connectivity index is 0.000000141. The van der Waals surface area contributed by atoms with Gasteiger partial charge in [-0.3, -0.25) is 18.9 Å². The number of aliphatic hydroxyl groups excluding tert-OH is 1. The Morgan fingerprint density at radius 2 is 0.860 bits per heavy atom. The number of anilines is 6. The SMILES string of the molecule is CCC[C@@H]1OC(=O)N2c3cc(F)c(N4CCSCC4)cc3OC[C@@H]12.CN.Cc1ccc(S(=O)(=O)Cl)cc1.Cc1ccc(S(=O)(=O)OC[C@@H]2OC(=O)N3c4cc(F)c(N5CCSCC5)cc4OC[C@@H]23)cc1.O=C1O[C@@H](CO)[C@@H]2COc3cc(N4CCSCC4)c(F)cc3N12. The zero-order valence-electron chi connectivity index (χ0n) is 51.5. The number of benzene rings is 5. The number of carbonyl (C=O) groups is 3. The molecule has 0 saturated carbocycles. The molecule has 0 aromatic heterocycles. The van der Waals surface area contributed by atoms with Crippen LogP contribution in [-0.4, -0.2) is 191 Å². The number of nitrogens with two attached hydrogens (primary N) is 1. The fourth-order valence-electron chi connectivity index (χ4n) is 11.7. The van der Waals surface area contributed by atoms with E-state index in [0.29, 0.717) is 52.3 Å². The molecule has 6 fully saturated rings. The third-order valence-corrected chi connectivity index (χ3v) is 22.0. The second kappa shape index (κ2) is 30.6. The van der Waals surface area contributed by atoms with Crippen LogP contribution in [0.5, 0.6) is 17.2 Å². The molecule has 5 aromatic rings. The van der Waals surface area contributed by atoms with E-state index in [1.165, 1.54) is 59.3 Å². The molecule has 0 aliphatic carbocycles. The van der Waals surface area contributed by atoms with Gasteiger partial charge in [-0.15, -0.1) is 0 Å². The van der Waals surface area contributed by atoms with Crippen molar-refractivity contribution in [3.8, 4) is 17.2 Å². The van der Waals surface area contributed by atoms with Crippen molar-refractivity contribution in [3.05, 3.63) is 114 Å². The molecule has 14 rings (SSSR count). The molecule has 3 amide bonds. The summed E-state index contributed by atoms with van der Waals surface area (Å²) < 4.78 is 129. The number of fused-ring (bicyclic) bond motifs is 9. The van der Waals surface area contributed by atoms with Gasteiger partial charge in [0.2, 0.25) is 0 Å². The summed E-state index contributed by atoms with van der Waals surface area (Å²) in [5.41, 5.74) is 9.07. The Morgan fingerprint density at radius 1 is 0.527 bits per heavy atom. The van der Waals surface area contributed by atoms with Crippen LogP contribution in [0, 0.1) is 31.3 Å². The van der Waals surface area contributed by atoms with Gasteiger partial charge in [0.25, 0.3) is 19.2 Å². The lowest BCUT2D eigenvalue weighted by molar-refractivity contribution is 0.0734. The highest BCUT2D eigenvalue weighted by Gasteiger charge is 2.50. The quantitative estimate of drug-likeness (QED) is 0.0709. The maximum absolute atomic E-state index is 15.0. The molecular weight excluding hydrogens is 1340 g/mol. The smallest absolute Gasteiger partial charge is 0.415 e. The van der Waals surface area contributed by atoms with Crippen molar-refractivity contribution in [2.24, 2.45) is 5.73 Å². The number of thioether (sulfide) groups is 3. The third-order valence-electron chi connectivity index (χ3n) is 16.5. The molecule has 0 unspecified atom stereocenters. The van der Waals surface area contributed by atoms with Crippen LogP contribution >= 0.6 is 46.0 Å². The van der Waals surface area contributed by atoms with Crippen LogP contribution in [0.25, 0.3) is 0 Å². The highest BCUT2D eigenvalue weighted by molar-refractivity contribution is 8.13. The molecule has 22 nitrogen and oxygen atoms in total. The average molecular weight is 1410 g/mol. The summed E-state index contributed by atoms with van der Waals surface area (Å²) in [7, 11) is -0.987. The fraction of sp³-hybridized carbons (Fsp3) is 0.468. The van der Waals surface area contributed by atoms with E-state index in [4.69, 9.17) is 43.3 Å². The van der Waals surface area contributed by atoms with Gasteiger partial charge in [-0.2, -0.15) is 43.7 Å². The summed E-state index contributed by atoms with van der Waals surface area (Å²) in [6.07, 6.45) is -1.65. The van der Waals surface area contributed by atoms with Crippen LogP contribution < -0.4 is 49.3 Å². The topological polar surface area (TPSA) is 250 Å². The summed E-state index contributed by atoms with van der Waals surface area (Å²) >= 11 is 5.56. The van der Waals surface area contributed by atoms with Crippen LogP contribution in [-0.2, 0) is 37.6 Å². The summed E-state index contributed by atoms with van der Waals surface area (Å²) in [4.78, 5) is 47.4. The third kappa shape index (κ3) is 15.6. The highest BCUT2D eigenvalue weighted by Crippen LogP contribution is 2.46. The van der Waals surface area contributed by atoms with Gasteiger partial charge in [-0.1, -0.05) is 48.7 Å². The van der Waals surface area contributed by atoms with Gasteiger partial charge in [-0.25, -0.2) is 36.0 Å². The normalized spacial score (nSPS) is 22.6. The van der Waals surface area contributed by atoms with Crippen molar-refractivity contribution in [2.45, 2.75) is 79.8 Å². The van der Waals surface area contributed by atoms with Crippen molar-refractivity contribution < 1.29 is 82.1 Å². The molecule has 0 radical (unpaired) electrons. The van der Waals surface area contributed by atoms with Crippen LogP contribution in [0.2, 0.25) is 0 Å². The standard InChI is InChI=1S/C22H23FN2O6S2.C17H21FN2O3S.C15H17FN2O4S.C7H7ClO2S.CH5N/c1-14-2-4-15(5-3-14)33(27,28)30-13-21-19-12-29-20-11-17(24-6-8-32-9-7-24)16(23)10-18(20)25(19)22(26)31-21;1-2-3-15-14-10-22-16-9-12(19-4-6-24-7-5-19)11(18)8-13(16)20(14)17(21)23-15;16-9-5-11-13(6-10(9)17-1-3-23-4-2-17)21-8-12-14(7-19)22-15(20)18(11)12;1-6-2-4-7(5-3-6)11(8,9)10;1-2/h2-5,10-11,19,21H,6-9,12-13H2,1H3;8-9,14-15H,2-7,10H2,1H3;5-6,12,14,19H,1-4,7-8H2;2-5H,1H3;2H2,1H3/t19-,21-;14-,15-;12-,14-;;/m000../s1. The number of hydrogen-bond acceptors (Lipinski definition) is 22. The molecule has 93 heavy (non-hydrogen) atoms. The van der Waals surface area contributed by atoms with E-state index in [9.17, 15) is 49.5 Å². The predicted molar refractivity (Wildman–Crippen MR) is 355 cm³/mol. The van der Waals surface area contributed by atoms with Gasteiger partial charge >= 0.3 is 18.3 Å². The van der Waals surface area contributed by atoms with E-state index < -0.39 is 67.6 Å². The number of ether oxygens (including phenoxy) is 6. The number of nitrogens with zero attached hydrogens (tertiary/aromatic N) is 6. The molecule has 6 atom stereocenters. The summed E-state index contributed by atoms with van der Waals surface area (Å²) in [6, 6.07) is 20.5. The first-order valence-corrected chi connectivity index (χ1v) is 37.4. The first kappa shape index (κ1) is 69.4. The summed E-state index contributed by atoms with van der Waals surface area (Å²) in [5.74, 6) is 6.08. The van der Waals surface area contributed by atoms with Crippen LogP contribution in [0.1, 0.15) is 30.9 Å². The number of carbonyl (C=O) groups excluding carboxylic acids is 3. The fourth-order valence-corrected chi connectivity index (χ4v) is 16.1. The van der Waals surface area contributed by atoms with Gasteiger partial charge in [-0.05, 0) is 51.6 Å². The molecule has 0 spiro atoms. The van der Waals surface area contributed by atoms with Gasteiger partial charge in [0.15, 0.2) is 12.2 Å². The van der Waals surface area contributed by atoms with E-state index in [2.05, 4.69) is 12.7 Å². The molecule has 9 aliphatic rings. The number of amides is 3. The monoisotopic (exact) mass is 1410 g/mol. The Labute approximate surface area is 555 Å². The van der Waals surface area contributed by atoms with Crippen molar-refractivity contribution in [1.82, 2.24) is 0 Å². The Kier molecular flexibility index (Phi) is 22.8. The summed E-state index contributed by atoms with van der Waals surface area (Å²) in [5, 5.41) is 9.30. The van der Waals surface area contributed by atoms with Crippen LogP contribution in [0.4, 0.5) is 61.7 Å². The minimum atomic E-state index is -4.02. The van der Waals surface area contributed by atoms with Crippen molar-refractivity contribution in [1.29, 1.82) is 0 Å². The molecule has 6 saturated heterocycles. The molecule has 504 valence electrons. The highest BCUT2D eigenvalue weighted by atomic mass is 35.7. The van der Waals surface area contributed by atoms with E-state index in [-0.39, 0.29) is 65.7 Å². The van der Waals surface area contributed by atoms with E-state index in [1.807, 2.05) is 63.8 Å². The van der Waals surface area contributed by atoms with Gasteiger partial charge in [0.1, 0.15) is 85.4 Å². The zero-order valence-corrected chi connectivity index (χ0v) is 56.3. The van der Waals surface area contributed by atoms with Crippen molar-refractivity contribution in [2.75, 3.05) is 143 Å². The lowest BCUT2D eigenvalue weighted by Gasteiger charge is -2.34. The van der Waals surface area contributed by atoms with E-state index in [0.717, 1.165) is 97.8 Å². The predicted octanol–water partition coefficient (Wildman–Crippen LogP) is 9.40. The van der Waals surface area contributed by atoms with E-state index >= 15 is 0 Å². The Bertz CT molecular complexity index is 3730. The summed E-state index contributed by atoms with van der Waals surface area (Å²) in [6.45, 7) is 10.6. The van der Waals surface area contributed by atoms with Gasteiger partial charge < -0.3 is 54.0 Å². The molecular formula is C62H73ClF3N7O15S5. The first-order valence-electron chi connectivity index (χ1n) is 30.2. The molecule has 9 aliphatic heterocycles. The molecule has 9 heterocycles. The second-order valence-electron chi connectivity index (χ2n) is 22.4. The molecule has 0 bridgehead atoms. The number of hydrogen-bond donors (Lipinski definition) is 2. The largest absolute Gasteiger partial charge is 0.489 e. The lowest BCUT2D eigenvalue weighted by Crippen LogP contribution is -2.46. The van der Waals surface area contributed by atoms with Gasteiger partial charge in [0.05, 0.1) is 50.5 Å². The minimum absolute atomic E-state index is 0.0187. The average Bonchev–Trinajstić information content (AvgIpc) is 1.71. The van der Waals surface area contributed by atoms with Crippen LogP contribution in [0.3, 0.4) is 0 Å². The van der Waals surface area contributed by atoms with E-state index in [1.54, 1.807) is 47.4 Å². The molecule has 31 heteroatoms. The first-order chi connectivity index (χ1) is 44.7. The Morgan fingerprint density at radius 3 is 1.22 bits per heavy atom. The maximum atomic E-state index is 15.0. The number of halogens is 4. The minimum Gasteiger partial charge on any atom is -0.489 e. The molecule has 5 aromatic carbocycles. The van der Waals surface area contributed by atoms with Crippen LogP contribution in [0.15, 0.2) is 94.7 Å². The number of cyclic esters (lactones) is 3. The number of aliphatic hydroxyl groups is 1. The Hall–Kier alpha value is -6.38. The maximum Gasteiger partial charge on any atom is 0.415 e. The molecule has 3 N–H and O–H groups in total. The zero-order chi connectivity index (χ0) is 66.3. The number of rotatable bonds is 11. The second-order valence-corrected chi connectivity index (χ2v) is 30.3.